The van der Waals surface area contributed by atoms with Crippen LogP contribution in [0.1, 0.15) is 28.6 Å². The number of aromatic nitrogens is 3. The number of benzene rings is 2. The largest absolute Gasteiger partial charge is 0.497 e. The summed E-state index contributed by atoms with van der Waals surface area (Å²) in [7, 11) is 1.72. The van der Waals surface area contributed by atoms with Gasteiger partial charge in [0.15, 0.2) is 5.65 Å². The van der Waals surface area contributed by atoms with Gasteiger partial charge in [0, 0.05) is 18.8 Å². The Bertz CT molecular complexity index is 1070. The standard InChI is InChI=1S/C23H22N4O/c1-28-19-10-9-17-13-21(16-6-3-2-4-7-16)27(14-18(17)12-19)15-22-25-20-8-5-11-24-23(20)26-22/h2-12,21H,13-15H2,1H3,(H,24,25,26). The molecule has 1 aliphatic heterocycles. The molecule has 5 heteroatoms. The normalized spacial score (nSPS) is 16.8. The highest BCUT2D eigenvalue weighted by Gasteiger charge is 2.28. The second-order valence-corrected chi connectivity index (χ2v) is 7.23. The summed E-state index contributed by atoms with van der Waals surface area (Å²) in [4.78, 5) is 14.9. The molecule has 140 valence electrons. The summed E-state index contributed by atoms with van der Waals surface area (Å²) in [6, 6.07) is 21.4. The predicted octanol–water partition coefficient (Wildman–Crippen LogP) is 4.27. The highest BCUT2D eigenvalue weighted by Crippen LogP contribution is 2.35. The lowest BCUT2D eigenvalue weighted by molar-refractivity contribution is 0.159. The summed E-state index contributed by atoms with van der Waals surface area (Å²) in [5.41, 5.74) is 5.79. The summed E-state index contributed by atoms with van der Waals surface area (Å²) in [6.45, 7) is 1.60. The maximum atomic E-state index is 5.44. The van der Waals surface area contributed by atoms with E-state index in [0.717, 1.165) is 42.2 Å². The second kappa shape index (κ2) is 7.09. The van der Waals surface area contributed by atoms with Crippen molar-refractivity contribution in [1.82, 2.24) is 19.9 Å². The van der Waals surface area contributed by atoms with Crippen LogP contribution in [0.15, 0.2) is 66.9 Å². The lowest BCUT2D eigenvalue weighted by atomic mass is 9.89. The molecule has 5 rings (SSSR count). The number of imidazole rings is 1. The first kappa shape index (κ1) is 17.0. The quantitative estimate of drug-likeness (QED) is 0.583. The molecule has 0 amide bonds. The average Bonchev–Trinajstić information content (AvgIpc) is 3.16. The Morgan fingerprint density at radius 1 is 1.07 bits per heavy atom. The Morgan fingerprint density at radius 2 is 1.96 bits per heavy atom. The Kier molecular flexibility index (Phi) is 4.29. The lowest BCUT2D eigenvalue weighted by Gasteiger charge is -2.37. The summed E-state index contributed by atoms with van der Waals surface area (Å²) in [5, 5.41) is 0. The minimum absolute atomic E-state index is 0.309. The van der Waals surface area contributed by atoms with E-state index in [1.807, 2.05) is 12.1 Å². The number of H-pyrrole nitrogens is 1. The van der Waals surface area contributed by atoms with Crippen LogP contribution in [0.2, 0.25) is 0 Å². The zero-order chi connectivity index (χ0) is 18.9. The zero-order valence-electron chi connectivity index (χ0n) is 15.8. The van der Waals surface area contributed by atoms with Crippen molar-refractivity contribution >= 4 is 11.2 Å². The SMILES string of the molecule is COc1ccc2c(c1)CN(Cc1nc3ncccc3[nH]1)C(c1ccccc1)C2. The molecule has 28 heavy (non-hydrogen) atoms. The van der Waals surface area contributed by atoms with Crippen molar-refractivity contribution in [2.45, 2.75) is 25.6 Å². The van der Waals surface area contributed by atoms with Crippen molar-refractivity contribution in [2.75, 3.05) is 7.11 Å². The second-order valence-electron chi connectivity index (χ2n) is 7.23. The van der Waals surface area contributed by atoms with Gasteiger partial charge in [0.2, 0.25) is 0 Å². The minimum atomic E-state index is 0.309. The minimum Gasteiger partial charge on any atom is -0.497 e. The smallest absolute Gasteiger partial charge is 0.177 e. The van der Waals surface area contributed by atoms with E-state index in [0.29, 0.717) is 6.04 Å². The molecule has 3 heterocycles. The molecule has 1 N–H and O–H groups in total. The van der Waals surface area contributed by atoms with E-state index in [1.54, 1.807) is 13.3 Å². The fraction of sp³-hybridized carbons (Fsp3) is 0.217. The van der Waals surface area contributed by atoms with Crippen LogP contribution in [0.3, 0.4) is 0 Å². The third-order valence-electron chi connectivity index (χ3n) is 5.48. The van der Waals surface area contributed by atoms with E-state index in [4.69, 9.17) is 9.72 Å². The molecule has 0 bridgehead atoms. The first-order valence-electron chi connectivity index (χ1n) is 9.54. The van der Waals surface area contributed by atoms with Crippen molar-refractivity contribution in [1.29, 1.82) is 0 Å². The van der Waals surface area contributed by atoms with E-state index in [2.05, 4.69) is 63.4 Å². The van der Waals surface area contributed by atoms with Crippen molar-refractivity contribution < 1.29 is 4.74 Å². The maximum absolute atomic E-state index is 5.44. The fourth-order valence-electron chi connectivity index (χ4n) is 4.07. The summed E-state index contributed by atoms with van der Waals surface area (Å²) in [6.07, 6.45) is 2.75. The number of hydrogen-bond acceptors (Lipinski definition) is 4. The van der Waals surface area contributed by atoms with Crippen LogP contribution in [0, 0.1) is 0 Å². The molecule has 1 unspecified atom stereocenters. The summed E-state index contributed by atoms with van der Waals surface area (Å²) < 4.78 is 5.44. The average molecular weight is 370 g/mol. The molecule has 0 saturated carbocycles. The van der Waals surface area contributed by atoms with Gasteiger partial charge in [0.25, 0.3) is 0 Å². The Morgan fingerprint density at radius 3 is 2.79 bits per heavy atom. The third kappa shape index (κ3) is 3.14. The number of aromatic amines is 1. The Labute approximate surface area is 164 Å². The van der Waals surface area contributed by atoms with Crippen LogP contribution >= 0.6 is 0 Å². The molecule has 1 atom stereocenters. The molecule has 0 aliphatic carbocycles. The Balaban J connectivity index is 1.51. The molecule has 0 fully saturated rings. The monoisotopic (exact) mass is 370 g/mol. The molecule has 0 saturated heterocycles. The van der Waals surface area contributed by atoms with Gasteiger partial charge < -0.3 is 9.72 Å². The molecule has 4 aromatic rings. The van der Waals surface area contributed by atoms with Crippen LogP contribution in [0.5, 0.6) is 5.75 Å². The van der Waals surface area contributed by atoms with Gasteiger partial charge in [-0.2, -0.15) is 0 Å². The molecule has 0 spiro atoms. The third-order valence-corrected chi connectivity index (χ3v) is 5.48. The summed E-state index contributed by atoms with van der Waals surface area (Å²) in [5.74, 6) is 1.85. The first-order valence-corrected chi connectivity index (χ1v) is 9.54. The highest BCUT2D eigenvalue weighted by molar-refractivity contribution is 5.69. The van der Waals surface area contributed by atoms with Gasteiger partial charge in [-0.1, -0.05) is 36.4 Å². The molecule has 0 radical (unpaired) electrons. The number of hydrogen-bond donors (Lipinski definition) is 1. The van der Waals surface area contributed by atoms with E-state index in [9.17, 15) is 0 Å². The zero-order valence-corrected chi connectivity index (χ0v) is 15.8. The van der Waals surface area contributed by atoms with Crippen molar-refractivity contribution in [3.8, 4) is 5.75 Å². The van der Waals surface area contributed by atoms with Crippen LogP contribution in [-0.2, 0) is 19.5 Å². The van der Waals surface area contributed by atoms with Gasteiger partial charge in [-0.25, -0.2) is 9.97 Å². The summed E-state index contributed by atoms with van der Waals surface area (Å²) >= 11 is 0. The van der Waals surface area contributed by atoms with Crippen molar-refractivity contribution in [2.24, 2.45) is 0 Å². The van der Waals surface area contributed by atoms with Crippen molar-refractivity contribution in [3.63, 3.8) is 0 Å². The van der Waals surface area contributed by atoms with Crippen LogP contribution in [0.4, 0.5) is 0 Å². The van der Waals surface area contributed by atoms with Gasteiger partial charge >= 0.3 is 0 Å². The molecule has 5 nitrogen and oxygen atoms in total. The number of rotatable bonds is 4. The molecular formula is C23H22N4O. The maximum Gasteiger partial charge on any atom is 0.177 e. The van der Waals surface area contributed by atoms with E-state index >= 15 is 0 Å². The van der Waals surface area contributed by atoms with E-state index in [-0.39, 0.29) is 0 Å². The topological polar surface area (TPSA) is 54.0 Å². The fourth-order valence-corrected chi connectivity index (χ4v) is 4.07. The van der Waals surface area contributed by atoms with Crippen molar-refractivity contribution in [3.05, 3.63) is 89.4 Å². The van der Waals surface area contributed by atoms with E-state index in [1.165, 1.54) is 16.7 Å². The van der Waals surface area contributed by atoms with Crippen LogP contribution in [0.25, 0.3) is 11.2 Å². The number of pyridine rings is 1. The van der Waals surface area contributed by atoms with E-state index < -0.39 is 0 Å². The van der Waals surface area contributed by atoms with Gasteiger partial charge in [-0.3, -0.25) is 4.90 Å². The number of ether oxygens (including phenoxy) is 1. The Hall–Kier alpha value is -3.18. The van der Waals surface area contributed by atoms with Gasteiger partial charge in [-0.15, -0.1) is 0 Å². The lowest BCUT2D eigenvalue weighted by Crippen LogP contribution is -2.34. The molecule has 2 aromatic carbocycles. The number of methoxy groups -OCH3 is 1. The number of nitrogens with one attached hydrogen (secondary N) is 1. The van der Waals surface area contributed by atoms with Gasteiger partial charge in [0.1, 0.15) is 11.6 Å². The number of nitrogens with zero attached hydrogens (tertiary/aromatic N) is 3. The van der Waals surface area contributed by atoms with Crippen LogP contribution in [-0.4, -0.2) is 27.0 Å². The van der Waals surface area contributed by atoms with Gasteiger partial charge in [-0.05, 0) is 47.4 Å². The van der Waals surface area contributed by atoms with Crippen LogP contribution < -0.4 is 4.74 Å². The molecular weight excluding hydrogens is 348 g/mol. The van der Waals surface area contributed by atoms with Gasteiger partial charge in [0.05, 0.1) is 19.2 Å². The first-order chi connectivity index (χ1) is 13.8. The number of fused-ring (bicyclic) bond motifs is 2. The predicted molar refractivity (Wildman–Crippen MR) is 109 cm³/mol. The molecule has 1 aliphatic rings. The molecule has 2 aromatic heterocycles. The highest BCUT2D eigenvalue weighted by atomic mass is 16.5.